The second-order valence-electron chi connectivity index (χ2n) is 4.33. The van der Waals surface area contributed by atoms with Crippen LogP contribution in [0.1, 0.15) is 16.1 Å². The molecule has 0 unspecified atom stereocenters. The van der Waals surface area contributed by atoms with E-state index in [1.807, 2.05) is 0 Å². The summed E-state index contributed by atoms with van der Waals surface area (Å²) < 4.78 is 32.1. The zero-order valence-electron chi connectivity index (χ0n) is 11.2. The van der Waals surface area contributed by atoms with Gasteiger partial charge in [0.2, 0.25) is 0 Å². The lowest BCUT2D eigenvalue weighted by Gasteiger charge is -2.10. The largest absolute Gasteiger partial charge is 0.464 e. The van der Waals surface area contributed by atoms with Crippen molar-refractivity contribution in [3.8, 4) is 11.3 Å². The topological polar surface area (TPSA) is 65.2 Å². The Balaban J connectivity index is 2.68. The summed E-state index contributed by atoms with van der Waals surface area (Å²) in [6.45, 7) is 1.44. The van der Waals surface area contributed by atoms with Crippen LogP contribution in [0, 0.1) is 18.6 Å². The SMILES string of the molecule is COC(=O)c1nc(-c2cc(F)c(C)cc2F)cc(N)c1Cl. The lowest BCUT2D eigenvalue weighted by molar-refractivity contribution is 0.0594. The minimum atomic E-state index is -0.818. The average Bonchev–Trinajstić information content (AvgIpc) is 2.45. The molecule has 2 aromatic rings. The molecule has 0 atom stereocenters. The van der Waals surface area contributed by atoms with Gasteiger partial charge in [-0.05, 0) is 30.7 Å². The number of pyridine rings is 1. The first-order valence-electron chi connectivity index (χ1n) is 5.85. The number of ether oxygens (including phenoxy) is 1. The third-order valence-electron chi connectivity index (χ3n) is 2.89. The number of rotatable bonds is 2. The van der Waals surface area contributed by atoms with Gasteiger partial charge in [0, 0.05) is 5.56 Å². The van der Waals surface area contributed by atoms with Gasteiger partial charge in [0.15, 0.2) is 5.69 Å². The fourth-order valence-electron chi connectivity index (χ4n) is 1.76. The number of aryl methyl sites for hydroxylation is 1. The quantitative estimate of drug-likeness (QED) is 0.864. The van der Waals surface area contributed by atoms with Crippen molar-refractivity contribution >= 4 is 23.3 Å². The third kappa shape index (κ3) is 2.80. The van der Waals surface area contributed by atoms with Crippen LogP contribution in [0.3, 0.4) is 0 Å². The number of hydrogen-bond acceptors (Lipinski definition) is 4. The molecule has 21 heavy (non-hydrogen) atoms. The predicted octanol–water partition coefficient (Wildman–Crippen LogP) is 3.36. The van der Waals surface area contributed by atoms with E-state index in [9.17, 15) is 13.6 Å². The maximum atomic E-state index is 14.0. The molecule has 1 heterocycles. The molecule has 0 aliphatic rings. The van der Waals surface area contributed by atoms with Gasteiger partial charge in [0.05, 0.1) is 23.5 Å². The van der Waals surface area contributed by atoms with Crippen molar-refractivity contribution in [1.82, 2.24) is 4.98 Å². The Morgan fingerprint density at radius 1 is 1.29 bits per heavy atom. The molecular weight excluding hydrogens is 302 g/mol. The van der Waals surface area contributed by atoms with Crippen molar-refractivity contribution in [3.05, 3.63) is 46.1 Å². The van der Waals surface area contributed by atoms with Gasteiger partial charge in [-0.3, -0.25) is 0 Å². The molecule has 2 N–H and O–H groups in total. The van der Waals surface area contributed by atoms with Crippen LogP contribution in [0.25, 0.3) is 11.3 Å². The molecule has 0 fully saturated rings. The van der Waals surface area contributed by atoms with Crippen LogP contribution in [0.15, 0.2) is 18.2 Å². The molecule has 7 heteroatoms. The Morgan fingerprint density at radius 2 is 1.95 bits per heavy atom. The first-order valence-corrected chi connectivity index (χ1v) is 6.23. The molecular formula is C14H11ClF2N2O2. The molecule has 0 radical (unpaired) electrons. The molecule has 0 aliphatic carbocycles. The molecule has 0 spiro atoms. The van der Waals surface area contributed by atoms with E-state index in [2.05, 4.69) is 9.72 Å². The third-order valence-corrected chi connectivity index (χ3v) is 3.29. The van der Waals surface area contributed by atoms with E-state index in [1.54, 1.807) is 0 Å². The minimum Gasteiger partial charge on any atom is -0.464 e. The van der Waals surface area contributed by atoms with E-state index in [1.165, 1.54) is 13.0 Å². The van der Waals surface area contributed by atoms with Crippen LogP contribution in [-0.4, -0.2) is 18.1 Å². The Labute approximate surface area is 124 Å². The van der Waals surface area contributed by atoms with Crippen molar-refractivity contribution in [2.24, 2.45) is 0 Å². The summed E-state index contributed by atoms with van der Waals surface area (Å²) in [5.41, 5.74) is 5.47. The van der Waals surface area contributed by atoms with Crippen LogP contribution < -0.4 is 5.73 Å². The van der Waals surface area contributed by atoms with E-state index >= 15 is 0 Å². The number of nitrogen functional groups attached to an aromatic ring is 1. The molecule has 0 amide bonds. The van der Waals surface area contributed by atoms with Gasteiger partial charge >= 0.3 is 5.97 Å². The summed E-state index contributed by atoms with van der Waals surface area (Å²) in [5, 5.41) is -0.0985. The van der Waals surface area contributed by atoms with E-state index in [0.717, 1.165) is 19.2 Å². The molecule has 1 aromatic heterocycles. The summed E-state index contributed by atoms with van der Waals surface area (Å²) in [6.07, 6.45) is 0. The highest BCUT2D eigenvalue weighted by atomic mass is 35.5. The van der Waals surface area contributed by atoms with Gasteiger partial charge in [-0.1, -0.05) is 11.6 Å². The number of carbonyl (C=O) groups excluding carboxylic acids is 1. The first-order chi connectivity index (χ1) is 9.85. The summed E-state index contributed by atoms with van der Waals surface area (Å²) in [4.78, 5) is 15.5. The summed E-state index contributed by atoms with van der Waals surface area (Å²) in [6, 6.07) is 3.29. The van der Waals surface area contributed by atoms with E-state index in [-0.39, 0.29) is 33.2 Å². The Bertz CT molecular complexity index is 735. The van der Waals surface area contributed by atoms with Crippen molar-refractivity contribution in [1.29, 1.82) is 0 Å². The number of methoxy groups -OCH3 is 1. The highest BCUT2D eigenvalue weighted by Gasteiger charge is 2.19. The number of benzene rings is 1. The number of nitrogens with zero attached hydrogens (tertiary/aromatic N) is 1. The number of nitrogens with two attached hydrogens (primary N) is 1. The predicted molar refractivity (Wildman–Crippen MR) is 75.1 cm³/mol. The molecule has 4 nitrogen and oxygen atoms in total. The van der Waals surface area contributed by atoms with Gasteiger partial charge in [-0.15, -0.1) is 0 Å². The Morgan fingerprint density at radius 3 is 2.57 bits per heavy atom. The minimum absolute atomic E-state index is 0.00583. The van der Waals surface area contributed by atoms with Crippen LogP contribution >= 0.6 is 11.6 Å². The van der Waals surface area contributed by atoms with E-state index < -0.39 is 17.6 Å². The first kappa shape index (κ1) is 15.2. The average molecular weight is 313 g/mol. The van der Waals surface area contributed by atoms with E-state index in [0.29, 0.717) is 0 Å². The van der Waals surface area contributed by atoms with Gasteiger partial charge in [-0.25, -0.2) is 18.6 Å². The fourth-order valence-corrected chi connectivity index (χ4v) is 1.94. The van der Waals surface area contributed by atoms with Crippen molar-refractivity contribution in [2.75, 3.05) is 12.8 Å². The fraction of sp³-hybridized carbons (Fsp3) is 0.143. The van der Waals surface area contributed by atoms with E-state index in [4.69, 9.17) is 17.3 Å². The van der Waals surface area contributed by atoms with Gasteiger partial charge in [0.1, 0.15) is 11.6 Å². The number of anilines is 1. The van der Waals surface area contributed by atoms with Crippen LogP contribution in [0.2, 0.25) is 5.02 Å². The summed E-state index contributed by atoms with van der Waals surface area (Å²) >= 11 is 5.87. The number of halogens is 3. The van der Waals surface area contributed by atoms with Gasteiger partial charge in [-0.2, -0.15) is 0 Å². The molecule has 1 aromatic carbocycles. The zero-order chi connectivity index (χ0) is 15.7. The van der Waals surface area contributed by atoms with Crippen LogP contribution in [0.4, 0.5) is 14.5 Å². The second-order valence-corrected chi connectivity index (χ2v) is 4.71. The van der Waals surface area contributed by atoms with Gasteiger partial charge in [0.25, 0.3) is 0 Å². The van der Waals surface area contributed by atoms with Crippen LogP contribution in [-0.2, 0) is 4.74 Å². The van der Waals surface area contributed by atoms with Gasteiger partial charge < -0.3 is 10.5 Å². The highest BCUT2D eigenvalue weighted by Crippen LogP contribution is 2.30. The molecule has 2 rings (SSSR count). The number of carbonyl (C=O) groups is 1. The van der Waals surface area contributed by atoms with Crippen molar-refractivity contribution in [2.45, 2.75) is 6.92 Å². The standard InChI is InChI=1S/C14H11ClF2N2O2/c1-6-3-9(17)7(4-8(6)16)11-5-10(18)12(15)13(19-11)14(20)21-2/h3-5H,1-2H3,(H2,18,19). The molecule has 0 saturated carbocycles. The molecule has 0 saturated heterocycles. The Kier molecular flexibility index (Phi) is 4.09. The number of aromatic nitrogens is 1. The lowest BCUT2D eigenvalue weighted by Crippen LogP contribution is -2.08. The zero-order valence-corrected chi connectivity index (χ0v) is 12.0. The number of hydrogen-bond donors (Lipinski definition) is 1. The van der Waals surface area contributed by atoms with Crippen molar-refractivity contribution < 1.29 is 18.3 Å². The molecule has 0 bridgehead atoms. The normalized spacial score (nSPS) is 10.5. The van der Waals surface area contributed by atoms with Crippen LogP contribution in [0.5, 0.6) is 0 Å². The maximum Gasteiger partial charge on any atom is 0.358 e. The van der Waals surface area contributed by atoms with Crippen molar-refractivity contribution in [3.63, 3.8) is 0 Å². The smallest absolute Gasteiger partial charge is 0.358 e. The summed E-state index contributed by atoms with van der Waals surface area (Å²) in [5.74, 6) is -2.10. The number of esters is 1. The highest BCUT2D eigenvalue weighted by molar-refractivity contribution is 6.35. The maximum absolute atomic E-state index is 14.0. The molecule has 0 aliphatic heterocycles. The monoisotopic (exact) mass is 312 g/mol. The summed E-state index contributed by atoms with van der Waals surface area (Å²) in [7, 11) is 1.15. The lowest BCUT2D eigenvalue weighted by atomic mass is 10.1. The molecule has 110 valence electrons. The Hall–Kier alpha value is -2.21. The second kappa shape index (κ2) is 5.65.